The van der Waals surface area contributed by atoms with Crippen LogP contribution in [-0.2, 0) is 6.42 Å². The Balaban J connectivity index is 1.88. The number of hydrogen-bond acceptors (Lipinski definition) is 2. The van der Waals surface area contributed by atoms with Gasteiger partial charge in [0.05, 0.1) is 0 Å². The second-order valence-corrected chi connectivity index (χ2v) is 4.02. The summed E-state index contributed by atoms with van der Waals surface area (Å²) in [6.45, 7) is 0.310. The summed E-state index contributed by atoms with van der Waals surface area (Å²) in [6.07, 6.45) is 3.42. The number of nitrogens with zero attached hydrogens (tertiary/aromatic N) is 1. The number of benzene rings is 1. The van der Waals surface area contributed by atoms with Crippen molar-refractivity contribution in [3.63, 3.8) is 0 Å². The summed E-state index contributed by atoms with van der Waals surface area (Å²) < 4.78 is 25.9. The summed E-state index contributed by atoms with van der Waals surface area (Å²) in [4.78, 5) is 15.5. The zero-order chi connectivity index (χ0) is 13.7. The maximum atomic E-state index is 12.9. The van der Waals surface area contributed by atoms with Gasteiger partial charge in [-0.05, 0) is 36.2 Å². The number of carbonyl (C=O) groups excluding carboxylic acids is 1. The summed E-state index contributed by atoms with van der Waals surface area (Å²) in [7, 11) is 0. The second-order valence-electron chi connectivity index (χ2n) is 4.02. The van der Waals surface area contributed by atoms with Gasteiger partial charge in [0.2, 0.25) is 0 Å². The molecule has 5 heteroatoms. The molecule has 0 fully saturated rings. The van der Waals surface area contributed by atoms with Gasteiger partial charge in [-0.2, -0.15) is 0 Å². The van der Waals surface area contributed by atoms with E-state index in [1.165, 1.54) is 24.5 Å². The van der Waals surface area contributed by atoms with Crippen molar-refractivity contribution in [3.8, 4) is 0 Å². The first-order valence-electron chi connectivity index (χ1n) is 5.78. The molecule has 1 N–H and O–H groups in total. The maximum absolute atomic E-state index is 12.9. The van der Waals surface area contributed by atoms with Gasteiger partial charge < -0.3 is 5.32 Å². The molecule has 98 valence electrons. The first-order valence-corrected chi connectivity index (χ1v) is 5.78. The van der Waals surface area contributed by atoms with Crippen LogP contribution in [0.15, 0.2) is 42.7 Å². The highest BCUT2D eigenvalue weighted by Gasteiger charge is 2.05. The second kappa shape index (κ2) is 6.04. The molecule has 2 aromatic rings. The van der Waals surface area contributed by atoms with Crippen LogP contribution >= 0.6 is 0 Å². The van der Waals surface area contributed by atoms with E-state index < -0.39 is 11.6 Å². The molecule has 1 amide bonds. The number of carbonyl (C=O) groups is 1. The quantitative estimate of drug-likeness (QED) is 0.918. The fourth-order valence-electron chi connectivity index (χ4n) is 1.68. The number of pyridine rings is 1. The molecule has 0 aliphatic carbocycles. The number of aromatic nitrogens is 1. The Morgan fingerprint density at radius 3 is 2.37 bits per heavy atom. The monoisotopic (exact) mass is 262 g/mol. The number of hydrogen-bond donors (Lipinski definition) is 1. The molecular formula is C14H12F2N2O. The number of halogens is 2. The normalized spacial score (nSPS) is 10.2. The molecule has 1 aromatic carbocycles. The summed E-state index contributed by atoms with van der Waals surface area (Å²) in [5.74, 6) is -1.47. The average Bonchev–Trinajstić information content (AvgIpc) is 2.38. The van der Waals surface area contributed by atoms with E-state index in [0.717, 1.165) is 6.07 Å². The standard InChI is InChI=1S/C14H12F2N2O/c15-12-7-10(8-13(16)9-12)1-6-18-14(19)11-2-4-17-5-3-11/h2-5,7-9H,1,6H2,(H,18,19). The van der Waals surface area contributed by atoms with E-state index in [4.69, 9.17) is 0 Å². The van der Waals surface area contributed by atoms with Crippen LogP contribution in [0.25, 0.3) is 0 Å². The minimum absolute atomic E-state index is 0.237. The van der Waals surface area contributed by atoms with Crippen LogP contribution in [0.5, 0.6) is 0 Å². The fourth-order valence-corrected chi connectivity index (χ4v) is 1.68. The lowest BCUT2D eigenvalue weighted by molar-refractivity contribution is 0.0954. The lowest BCUT2D eigenvalue weighted by atomic mass is 10.1. The van der Waals surface area contributed by atoms with Crippen molar-refractivity contribution < 1.29 is 13.6 Å². The molecule has 0 saturated heterocycles. The third kappa shape index (κ3) is 3.84. The Hall–Kier alpha value is -2.30. The zero-order valence-electron chi connectivity index (χ0n) is 10.1. The zero-order valence-corrected chi connectivity index (χ0v) is 10.1. The Morgan fingerprint density at radius 1 is 1.11 bits per heavy atom. The van der Waals surface area contributed by atoms with Gasteiger partial charge in [0.1, 0.15) is 11.6 Å². The molecule has 0 atom stereocenters. The Bertz CT molecular complexity index is 553. The van der Waals surface area contributed by atoms with E-state index in [2.05, 4.69) is 10.3 Å². The number of rotatable bonds is 4. The first-order chi connectivity index (χ1) is 9.15. The third-order valence-corrected chi connectivity index (χ3v) is 2.56. The van der Waals surface area contributed by atoms with Gasteiger partial charge >= 0.3 is 0 Å². The van der Waals surface area contributed by atoms with Crippen LogP contribution in [0.4, 0.5) is 8.78 Å². The topological polar surface area (TPSA) is 42.0 Å². The smallest absolute Gasteiger partial charge is 0.251 e. The number of nitrogens with one attached hydrogen (secondary N) is 1. The van der Waals surface area contributed by atoms with E-state index >= 15 is 0 Å². The van der Waals surface area contributed by atoms with Crippen molar-refractivity contribution >= 4 is 5.91 Å². The van der Waals surface area contributed by atoms with Gasteiger partial charge in [0.25, 0.3) is 5.91 Å². The molecule has 0 saturated carbocycles. The average molecular weight is 262 g/mol. The molecule has 0 spiro atoms. The van der Waals surface area contributed by atoms with Gasteiger partial charge in [-0.25, -0.2) is 8.78 Å². The van der Waals surface area contributed by atoms with Crippen molar-refractivity contribution in [2.75, 3.05) is 6.54 Å². The third-order valence-electron chi connectivity index (χ3n) is 2.56. The van der Waals surface area contributed by atoms with Gasteiger partial charge in [0, 0.05) is 30.6 Å². The lowest BCUT2D eigenvalue weighted by Gasteiger charge is -2.05. The molecule has 19 heavy (non-hydrogen) atoms. The van der Waals surface area contributed by atoms with Crippen molar-refractivity contribution in [2.45, 2.75) is 6.42 Å². The van der Waals surface area contributed by atoms with Crippen LogP contribution in [0.1, 0.15) is 15.9 Å². The molecule has 0 bridgehead atoms. The molecule has 0 aliphatic heterocycles. The SMILES string of the molecule is O=C(NCCc1cc(F)cc(F)c1)c1ccncc1. The van der Waals surface area contributed by atoms with Crippen molar-refractivity contribution in [2.24, 2.45) is 0 Å². The molecular weight excluding hydrogens is 250 g/mol. The largest absolute Gasteiger partial charge is 0.352 e. The van der Waals surface area contributed by atoms with Gasteiger partial charge in [-0.15, -0.1) is 0 Å². The summed E-state index contributed by atoms with van der Waals surface area (Å²) >= 11 is 0. The molecule has 0 radical (unpaired) electrons. The van der Waals surface area contributed by atoms with Crippen molar-refractivity contribution in [3.05, 3.63) is 65.5 Å². The Morgan fingerprint density at radius 2 is 1.74 bits per heavy atom. The highest BCUT2D eigenvalue weighted by atomic mass is 19.1. The maximum Gasteiger partial charge on any atom is 0.251 e. The number of amides is 1. The molecule has 3 nitrogen and oxygen atoms in total. The first kappa shape index (κ1) is 13.1. The van der Waals surface area contributed by atoms with Gasteiger partial charge in [0.15, 0.2) is 0 Å². The molecule has 2 rings (SSSR count). The van der Waals surface area contributed by atoms with Crippen LogP contribution in [0, 0.1) is 11.6 Å². The van der Waals surface area contributed by atoms with Crippen LogP contribution < -0.4 is 5.32 Å². The van der Waals surface area contributed by atoms with Crippen LogP contribution in [0.3, 0.4) is 0 Å². The van der Waals surface area contributed by atoms with Crippen LogP contribution in [0.2, 0.25) is 0 Å². The van der Waals surface area contributed by atoms with E-state index in [1.807, 2.05) is 0 Å². The predicted octanol–water partition coefficient (Wildman–Crippen LogP) is 2.33. The van der Waals surface area contributed by atoms with E-state index in [9.17, 15) is 13.6 Å². The van der Waals surface area contributed by atoms with E-state index in [-0.39, 0.29) is 5.91 Å². The van der Waals surface area contributed by atoms with E-state index in [1.54, 1.807) is 12.1 Å². The Kier molecular flexibility index (Phi) is 4.18. The summed E-state index contributed by atoms with van der Waals surface area (Å²) in [6, 6.07) is 6.51. The molecule has 1 heterocycles. The Labute approximate surface area is 109 Å². The predicted molar refractivity (Wildman–Crippen MR) is 66.6 cm³/mol. The van der Waals surface area contributed by atoms with Crippen molar-refractivity contribution in [1.82, 2.24) is 10.3 Å². The van der Waals surface area contributed by atoms with Crippen molar-refractivity contribution in [1.29, 1.82) is 0 Å². The van der Waals surface area contributed by atoms with Gasteiger partial charge in [-0.1, -0.05) is 0 Å². The highest BCUT2D eigenvalue weighted by Crippen LogP contribution is 2.08. The van der Waals surface area contributed by atoms with Crippen LogP contribution in [-0.4, -0.2) is 17.4 Å². The summed E-state index contributed by atoms with van der Waals surface area (Å²) in [5.41, 5.74) is 1.01. The minimum Gasteiger partial charge on any atom is -0.352 e. The highest BCUT2D eigenvalue weighted by molar-refractivity contribution is 5.93. The molecule has 0 aliphatic rings. The summed E-state index contributed by atoms with van der Waals surface area (Å²) in [5, 5.41) is 2.67. The molecule has 0 unspecified atom stereocenters. The fraction of sp³-hybridized carbons (Fsp3) is 0.143. The van der Waals surface area contributed by atoms with E-state index in [0.29, 0.717) is 24.1 Å². The minimum atomic E-state index is -0.615. The lowest BCUT2D eigenvalue weighted by Crippen LogP contribution is -2.25. The van der Waals surface area contributed by atoms with Gasteiger partial charge in [-0.3, -0.25) is 9.78 Å². The molecule has 1 aromatic heterocycles.